The molecule has 0 saturated carbocycles. The zero-order valence-corrected chi connectivity index (χ0v) is 49.9. The van der Waals surface area contributed by atoms with Gasteiger partial charge in [0.2, 0.25) is 0 Å². The third kappa shape index (κ3) is 7.90. The number of nitrogens with zero attached hydrogens (tertiary/aromatic N) is 2. The van der Waals surface area contributed by atoms with Gasteiger partial charge in [-0.05, 0) is 173 Å². The summed E-state index contributed by atoms with van der Waals surface area (Å²) in [5.41, 5.74) is 24.7. The van der Waals surface area contributed by atoms with Gasteiger partial charge in [0.15, 0.2) is 11.2 Å². The molecular weight excluding hydrogens is 973 g/mol. The van der Waals surface area contributed by atoms with Gasteiger partial charge in [-0.15, -0.1) is 0 Å². The summed E-state index contributed by atoms with van der Waals surface area (Å²) in [7, 11) is 0. The Morgan fingerprint density at radius 3 is 0.900 bits per heavy atom. The molecule has 4 heteroatoms. The van der Waals surface area contributed by atoms with Crippen molar-refractivity contribution < 1.29 is 11.8 Å². The number of benzene rings is 9. The minimum Gasteiger partial charge on any atom is -0.454 e. The maximum absolute atomic E-state index is 7.23. The van der Waals surface area contributed by atoms with Crippen LogP contribution < -0.4 is 9.80 Å². The SMILES string of the molecule is CC(C)(C)c1ccc(N(c2ccc(C(C)(C)C)cc2)c2cc3c(c4c2oc2ccccc24)-c2cc4c(cc2C3(C)C)-c2c(cc(N(c3ccc(C(C)(C)C)cc3)c3ccc(C(C)(C)C)cc3)c3oc5ccccc5c23)C4(C)C)cc1.[2H][2H]. The molecule has 0 radical (unpaired) electrons. The normalized spacial score (nSPS) is 14.8. The van der Waals surface area contributed by atoms with E-state index >= 15 is 0 Å². The fourth-order valence-electron chi connectivity index (χ4n) is 13.3. The van der Waals surface area contributed by atoms with E-state index in [0.29, 0.717) is 0 Å². The first-order chi connectivity index (χ1) is 38.7. The Hall–Kier alpha value is -7.82. The number of hydrogen-bond donors (Lipinski definition) is 0. The van der Waals surface area contributed by atoms with Gasteiger partial charge < -0.3 is 18.6 Å². The zero-order valence-electron chi connectivity index (χ0n) is 51.9. The van der Waals surface area contributed by atoms with Crippen molar-refractivity contribution >= 4 is 78.0 Å². The van der Waals surface area contributed by atoms with Crippen molar-refractivity contribution in [3.05, 3.63) is 214 Å². The van der Waals surface area contributed by atoms with Crippen molar-refractivity contribution in [3.8, 4) is 22.3 Å². The lowest BCUT2D eigenvalue weighted by Gasteiger charge is -2.30. The first-order valence-corrected chi connectivity index (χ1v) is 28.9. The van der Waals surface area contributed by atoms with Crippen LogP contribution in [0, 0.1) is 0 Å². The molecule has 2 aliphatic rings. The standard InChI is InChI=1S/C76H76N2O2.H2/c1-71(2,3)45-25-33-49(34-26-45)77(50-35-27-46(28-36-50)72(4,5)6)61-43-59-65(67-53-21-17-19-23-63(53)79-69(61)67)55-41-58-56(42-57(55)75(59,13)14)66-60(76(58,15)16)44-62(70-68(66)54-22-18-20-24-64(54)80-70)78(51-37-29-47(30-38-51)73(7,8)9)52-39-31-48(32-40-52)74(10,11)12;/h17-44H,1-16H3;1H/i;1+1D. The lowest BCUT2D eigenvalue weighted by Crippen LogP contribution is -2.18. The lowest BCUT2D eigenvalue weighted by molar-refractivity contribution is 0.590. The Bertz CT molecular complexity index is 3900. The van der Waals surface area contributed by atoms with Gasteiger partial charge in [-0.25, -0.2) is 0 Å². The summed E-state index contributed by atoms with van der Waals surface area (Å²) >= 11 is 0. The van der Waals surface area contributed by atoms with Gasteiger partial charge in [-0.3, -0.25) is 0 Å². The van der Waals surface area contributed by atoms with Gasteiger partial charge in [0.05, 0.1) is 11.4 Å². The van der Waals surface area contributed by atoms with E-state index < -0.39 is 10.8 Å². The molecule has 4 nitrogen and oxygen atoms in total. The van der Waals surface area contributed by atoms with Crippen LogP contribution >= 0.6 is 0 Å². The molecule has 11 aromatic rings. The molecule has 0 N–H and O–H groups in total. The molecule has 2 heterocycles. The van der Waals surface area contributed by atoms with Crippen molar-refractivity contribution in [3.63, 3.8) is 0 Å². The molecule has 404 valence electrons. The van der Waals surface area contributed by atoms with Gasteiger partial charge in [0.25, 0.3) is 0 Å². The van der Waals surface area contributed by atoms with E-state index in [2.05, 4.69) is 290 Å². The molecule has 2 aliphatic carbocycles. The average Bonchev–Trinajstić information content (AvgIpc) is 2.69. The number of hydrogen-bond acceptors (Lipinski definition) is 4. The second-order valence-corrected chi connectivity index (χ2v) is 28.3. The first-order valence-electron chi connectivity index (χ1n) is 29.9. The highest BCUT2D eigenvalue weighted by Gasteiger charge is 2.45. The quantitative estimate of drug-likeness (QED) is 0.166. The van der Waals surface area contributed by atoms with Crippen molar-refractivity contribution in [2.75, 3.05) is 9.80 Å². The highest BCUT2D eigenvalue weighted by molar-refractivity contribution is 6.22. The summed E-state index contributed by atoms with van der Waals surface area (Å²) in [5.74, 6) is 0. The first kappa shape index (κ1) is 50.4. The van der Waals surface area contributed by atoms with Crippen LogP contribution in [0.5, 0.6) is 0 Å². The van der Waals surface area contributed by atoms with Gasteiger partial charge in [-0.2, -0.15) is 0 Å². The molecule has 0 aliphatic heterocycles. The van der Waals surface area contributed by atoms with Gasteiger partial charge in [0, 0.05) is 58.1 Å². The summed E-state index contributed by atoms with van der Waals surface area (Å²) in [5, 5.41) is 4.57. The molecule has 80 heavy (non-hydrogen) atoms. The number of furan rings is 2. The molecule has 13 rings (SSSR count). The van der Waals surface area contributed by atoms with E-state index in [9.17, 15) is 0 Å². The van der Waals surface area contributed by atoms with Gasteiger partial charge >= 0.3 is 0 Å². The Labute approximate surface area is 477 Å². The van der Waals surface area contributed by atoms with E-state index in [0.717, 1.165) is 78.0 Å². The number of rotatable bonds is 6. The molecule has 0 spiro atoms. The Kier molecular flexibility index (Phi) is 10.9. The maximum atomic E-state index is 7.23. The second-order valence-electron chi connectivity index (χ2n) is 28.3. The fraction of sp³-hybridized carbons (Fsp3) is 0.289. The number of anilines is 6. The molecule has 0 amide bonds. The van der Waals surface area contributed by atoms with Crippen molar-refractivity contribution in [2.24, 2.45) is 0 Å². The molecule has 0 unspecified atom stereocenters. The summed E-state index contributed by atoms with van der Waals surface area (Å²) < 4.78 is 24.5. The molecule has 2 aromatic heterocycles. The van der Waals surface area contributed by atoms with Crippen LogP contribution in [-0.2, 0) is 32.5 Å². The smallest absolute Gasteiger partial charge is 0.160 e. The molecule has 0 atom stereocenters. The Morgan fingerprint density at radius 2 is 0.625 bits per heavy atom. The van der Waals surface area contributed by atoms with E-state index in [1.54, 1.807) is 0 Å². The minimum absolute atomic E-state index is 0.0133. The van der Waals surface area contributed by atoms with Crippen molar-refractivity contribution in [1.82, 2.24) is 0 Å². The predicted molar refractivity (Wildman–Crippen MR) is 342 cm³/mol. The van der Waals surface area contributed by atoms with E-state index in [-0.39, 0.29) is 21.7 Å². The summed E-state index contributed by atoms with van der Waals surface area (Å²) in [6.07, 6.45) is 0. The van der Waals surface area contributed by atoms with E-state index in [1.165, 1.54) is 66.8 Å². The van der Waals surface area contributed by atoms with E-state index in [4.69, 9.17) is 11.8 Å². The average molecular weight is 1050 g/mol. The highest BCUT2D eigenvalue weighted by atomic mass is 16.3. The fourth-order valence-corrected chi connectivity index (χ4v) is 13.3. The third-order valence-corrected chi connectivity index (χ3v) is 18.1. The third-order valence-electron chi connectivity index (χ3n) is 18.1. The molecule has 9 aromatic carbocycles. The summed E-state index contributed by atoms with van der Waals surface area (Å²) in [6, 6.07) is 64.1. The van der Waals surface area contributed by atoms with Crippen LogP contribution in [0.1, 0.15) is 158 Å². The van der Waals surface area contributed by atoms with Crippen LogP contribution in [0.15, 0.2) is 179 Å². The Balaban J connectivity index is 0.00000329. The van der Waals surface area contributed by atoms with Crippen LogP contribution in [0.25, 0.3) is 66.1 Å². The van der Waals surface area contributed by atoms with Gasteiger partial charge in [-0.1, -0.05) is 196 Å². The van der Waals surface area contributed by atoms with Crippen molar-refractivity contribution in [2.45, 2.75) is 143 Å². The minimum atomic E-state index is -0.390. The largest absolute Gasteiger partial charge is 0.454 e. The van der Waals surface area contributed by atoms with Crippen LogP contribution in [-0.4, -0.2) is 0 Å². The summed E-state index contributed by atoms with van der Waals surface area (Å²) in [6.45, 7) is 37.1. The van der Waals surface area contributed by atoms with Crippen LogP contribution in [0.4, 0.5) is 34.1 Å². The lowest BCUT2D eigenvalue weighted by atomic mass is 9.79. The topological polar surface area (TPSA) is 32.8 Å². The predicted octanol–water partition coefficient (Wildman–Crippen LogP) is 22.5. The molecule has 0 saturated heterocycles. The second kappa shape index (κ2) is 17.3. The van der Waals surface area contributed by atoms with Crippen molar-refractivity contribution in [1.29, 1.82) is 0 Å². The number of para-hydroxylation sites is 2. The highest BCUT2D eigenvalue weighted by Crippen LogP contribution is 2.62. The zero-order chi connectivity index (χ0) is 58.4. The molecule has 0 bridgehead atoms. The van der Waals surface area contributed by atoms with Crippen LogP contribution in [0.3, 0.4) is 0 Å². The summed E-state index contributed by atoms with van der Waals surface area (Å²) in [4.78, 5) is 4.86. The van der Waals surface area contributed by atoms with E-state index in [1.807, 2.05) is 0 Å². The Morgan fingerprint density at radius 1 is 0.350 bits per heavy atom. The maximum Gasteiger partial charge on any atom is 0.160 e. The van der Waals surface area contributed by atoms with Gasteiger partial charge in [0.1, 0.15) is 11.2 Å². The monoisotopic (exact) mass is 1050 g/mol. The number of fused-ring (bicyclic) bond motifs is 14. The van der Waals surface area contributed by atoms with Crippen LogP contribution in [0.2, 0.25) is 0 Å². The molecule has 0 fully saturated rings. The molecular formula is C76H78N2O2.